The van der Waals surface area contributed by atoms with Crippen LogP contribution in [0.5, 0.6) is 0 Å². The summed E-state index contributed by atoms with van der Waals surface area (Å²) in [6.45, 7) is 3.25. The lowest BCUT2D eigenvalue weighted by Crippen LogP contribution is -2.33. The Balaban J connectivity index is 1.98. The molecule has 2 unspecified atom stereocenters. The molecule has 1 aliphatic rings. The van der Waals surface area contributed by atoms with Crippen molar-refractivity contribution in [3.8, 4) is 0 Å². The molecule has 0 aliphatic heterocycles. The van der Waals surface area contributed by atoms with Crippen molar-refractivity contribution in [1.82, 2.24) is 0 Å². The van der Waals surface area contributed by atoms with E-state index in [1.54, 1.807) is 6.07 Å². The first-order valence-corrected chi connectivity index (χ1v) is 7.33. The van der Waals surface area contributed by atoms with E-state index in [-0.39, 0.29) is 6.10 Å². The minimum Gasteiger partial charge on any atom is -0.373 e. The Morgan fingerprint density at radius 3 is 2.75 bits per heavy atom. The van der Waals surface area contributed by atoms with Gasteiger partial charge in [-0.15, -0.1) is 0 Å². The zero-order valence-electron chi connectivity index (χ0n) is 12.1. The third kappa shape index (κ3) is 3.58. The van der Waals surface area contributed by atoms with Gasteiger partial charge in [-0.2, -0.15) is 0 Å². The molecule has 0 heterocycles. The molecule has 4 heteroatoms. The zero-order valence-corrected chi connectivity index (χ0v) is 12.1. The third-order valence-corrected chi connectivity index (χ3v) is 4.22. The van der Waals surface area contributed by atoms with Crippen molar-refractivity contribution in [3.05, 3.63) is 34.9 Å². The van der Waals surface area contributed by atoms with Gasteiger partial charge in [0.15, 0.2) is 0 Å². The first-order chi connectivity index (χ1) is 9.61. The minimum absolute atomic E-state index is 0.268. The minimum atomic E-state index is -0.393. The largest absolute Gasteiger partial charge is 0.373 e. The van der Waals surface area contributed by atoms with Crippen LogP contribution in [0.25, 0.3) is 0 Å². The summed E-state index contributed by atoms with van der Waals surface area (Å²) >= 11 is 0. The molecule has 0 bridgehead atoms. The van der Waals surface area contributed by atoms with Crippen LogP contribution in [0.3, 0.4) is 0 Å². The fourth-order valence-corrected chi connectivity index (χ4v) is 2.87. The molecule has 4 N–H and O–H groups in total. The molecule has 1 saturated carbocycles. The predicted octanol–water partition coefficient (Wildman–Crippen LogP) is 2.13. The maximum atomic E-state index is 11.1. The van der Waals surface area contributed by atoms with Crippen LogP contribution in [0.1, 0.15) is 47.2 Å². The van der Waals surface area contributed by atoms with Gasteiger partial charge >= 0.3 is 0 Å². The van der Waals surface area contributed by atoms with Gasteiger partial charge < -0.3 is 16.2 Å². The van der Waals surface area contributed by atoms with E-state index in [0.29, 0.717) is 24.6 Å². The molecule has 4 nitrogen and oxygen atoms in total. The lowest BCUT2D eigenvalue weighted by molar-refractivity contribution is -0.0184. The summed E-state index contributed by atoms with van der Waals surface area (Å²) < 4.78 is 6.06. The maximum Gasteiger partial charge on any atom is 0.248 e. The van der Waals surface area contributed by atoms with Crippen LogP contribution in [0.2, 0.25) is 0 Å². The van der Waals surface area contributed by atoms with E-state index >= 15 is 0 Å². The van der Waals surface area contributed by atoms with Gasteiger partial charge in [0.05, 0.1) is 12.7 Å². The molecule has 20 heavy (non-hydrogen) atoms. The summed E-state index contributed by atoms with van der Waals surface area (Å²) in [5.41, 5.74) is 13.8. The molecule has 2 rings (SSSR count). The Morgan fingerprint density at radius 2 is 2.10 bits per heavy atom. The maximum absolute atomic E-state index is 11.1. The molecular formula is C16H24N2O2. The highest BCUT2D eigenvalue weighted by molar-refractivity contribution is 5.93. The quantitative estimate of drug-likeness (QED) is 0.864. The molecule has 1 amide bonds. The summed E-state index contributed by atoms with van der Waals surface area (Å²) in [6.07, 6.45) is 5.01. The average Bonchev–Trinajstić information content (AvgIpc) is 2.46. The molecule has 1 aromatic rings. The van der Waals surface area contributed by atoms with Gasteiger partial charge in [0.2, 0.25) is 5.91 Å². The smallest absolute Gasteiger partial charge is 0.248 e. The number of hydrogen-bond donors (Lipinski definition) is 2. The Kier molecular flexibility index (Phi) is 5.15. The molecule has 1 aromatic carbocycles. The Morgan fingerprint density at radius 1 is 1.35 bits per heavy atom. The van der Waals surface area contributed by atoms with E-state index in [1.807, 2.05) is 19.1 Å². The molecule has 1 fully saturated rings. The molecular weight excluding hydrogens is 252 g/mol. The summed E-state index contributed by atoms with van der Waals surface area (Å²) in [6, 6.07) is 5.51. The number of nitrogens with two attached hydrogens (primary N) is 2. The molecule has 0 spiro atoms. The summed E-state index contributed by atoms with van der Waals surface area (Å²) in [5, 5.41) is 0. The van der Waals surface area contributed by atoms with Gasteiger partial charge in [-0.3, -0.25) is 4.79 Å². The van der Waals surface area contributed by atoms with E-state index in [1.165, 1.54) is 19.3 Å². The number of benzene rings is 1. The van der Waals surface area contributed by atoms with E-state index in [0.717, 1.165) is 17.5 Å². The Bertz CT molecular complexity index is 474. The van der Waals surface area contributed by atoms with E-state index in [4.69, 9.17) is 16.2 Å². The molecule has 0 saturated heterocycles. The van der Waals surface area contributed by atoms with Gasteiger partial charge in [-0.25, -0.2) is 0 Å². The molecule has 1 aliphatic carbocycles. The van der Waals surface area contributed by atoms with E-state index < -0.39 is 5.91 Å². The van der Waals surface area contributed by atoms with Crippen molar-refractivity contribution >= 4 is 5.91 Å². The van der Waals surface area contributed by atoms with Crippen molar-refractivity contribution in [2.75, 3.05) is 6.54 Å². The standard InChI is InChI=1S/C16H24N2O2/c1-11-8-12(16(18)19)6-7-14(11)10-20-15-5-3-2-4-13(15)9-17/h6-8,13,15H,2-5,9-10,17H2,1H3,(H2,18,19). The van der Waals surface area contributed by atoms with Crippen LogP contribution in [0.4, 0.5) is 0 Å². The average molecular weight is 276 g/mol. The Hall–Kier alpha value is -1.39. The normalized spacial score (nSPS) is 22.7. The second-order valence-electron chi connectivity index (χ2n) is 5.64. The fourth-order valence-electron chi connectivity index (χ4n) is 2.87. The molecule has 2 atom stereocenters. The summed E-state index contributed by atoms with van der Waals surface area (Å²) in [5.74, 6) is 0.0880. The van der Waals surface area contributed by atoms with E-state index in [2.05, 4.69) is 0 Å². The Labute approximate surface area is 120 Å². The number of carbonyl (C=O) groups excluding carboxylic acids is 1. The number of hydrogen-bond acceptors (Lipinski definition) is 3. The van der Waals surface area contributed by atoms with Crippen LogP contribution in [0, 0.1) is 12.8 Å². The van der Waals surface area contributed by atoms with Crippen molar-refractivity contribution < 1.29 is 9.53 Å². The number of aryl methyl sites for hydroxylation is 1. The van der Waals surface area contributed by atoms with Crippen molar-refractivity contribution in [3.63, 3.8) is 0 Å². The monoisotopic (exact) mass is 276 g/mol. The van der Waals surface area contributed by atoms with Gasteiger partial charge in [0.1, 0.15) is 0 Å². The number of primary amides is 1. The van der Waals surface area contributed by atoms with Crippen LogP contribution in [0.15, 0.2) is 18.2 Å². The number of amides is 1. The summed E-state index contributed by atoms with van der Waals surface area (Å²) in [7, 11) is 0. The number of rotatable bonds is 5. The van der Waals surface area contributed by atoms with Crippen LogP contribution >= 0.6 is 0 Å². The lowest BCUT2D eigenvalue weighted by Gasteiger charge is -2.30. The van der Waals surface area contributed by atoms with Gasteiger partial charge in [0, 0.05) is 5.56 Å². The van der Waals surface area contributed by atoms with E-state index in [9.17, 15) is 4.79 Å². The molecule has 110 valence electrons. The highest BCUT2D eigenvalue weighted by Crippen LogP contribution is 2.27. The summed E-state index contributed by atoms with van der Waals surface area (Å²) in [4.78, 5) is 11.1. The molecule has 0 radical (unpaired) electrons. The SMILES string of the molecule is Cc1cc(C(N)=O)ccc1COC1CCCCC1CN. The zero-order chi connectivity index (χ0) is 14.5. The second kappa shape index (κ2) is 6.86. The van der Waals surface area contributed by atoms with Crippen molar-refractivity contribution in [1.29, 1.82) is 0 Å². The number of carbonyl (C=O) groups is 1. The fraction of sp³-hybridized carbons (Fsp3) is 0.562. The van der Waals surface area contributed by atoms with Crippen molar-refractivity contribution in [2.45, 2.75) is 45.3 Å². The number of ether oxygens (including phenoxy) is 1. The molecule has 0 aromatic heterocycles. The van der Waals surface area contributed by atoms with Gasteiger partial charge in [-0.05, 0) is 55.5 Å². The van der Waals surface area contributed by atoms with Crippen LogP contribution < -0.4 is 11.5 Å². The van der Waals surface area contributed by atoms with Crippen molar-refractivity contribution in [2.24, 2.45) is 17.4 Å². The van der Waals surface area contributed by atoms with Crippen LogP contribution in [-0.4, -0.2) is 18.6 Å². The third-order valence-electron chi connectivity index (χ3n) is 4.22. The van der Waals surface area contributed by atoms with Gasteiger partial charge in [-0.1, -0.05) is 18.9 Å². The van der Waals surface area contributed by atoms with Gasteiger partial charge in [0.25, 0.3) is 0 Å². The topological polar surface area (TPSA) is 78.3 Å². The van der Waals surface area contributed by atoms with Crippen LogP contribution in [-0.2, 0) is 11.3 Å². The first-order valence-electron chi connectivity index (χ1n) is 7.33. The predicted molar refractivity (Wildman–Crippen MR) is 79.3 cm³/mol. The lowest BCUT2D eigenvalue weighted by atomic mass is 9.86. The second-order valence-corrected chi connectivity index (χ2v) is 5.64. The highest BCUT2D eigenvalue weighted by Gasteiger charge is 2.24. The highest BCUT2D eigenvalue weighted by atomic mass is 16.5. The first kappa shape index (κ1) is 15.0.